The molecule has 0 aliphatic heterocycles. The van der Waals surface area contributed by atoms with Crippen molar-refractivity contribution in [1.29, 1.82) is 0 Å². The monoisotopic (exact) mass is 327 g/mol. The van der Waals surface area contributed by atoms with Gasteiger partial charge in [-0.25, -0.2) is 4.79 Å². The third-order valence-corrected chi connectivity index (χ3v) is 3.23. The van der Waals surface area contributed by atoms with Gasteiger partial charge in [0.1, 0.15) is 6.61 Å². The molecular weight excluding hydrogens is 306 g/mol. The Labute approximate surface area is 141 Å². The molecule has 1 atom stereocenters. The largest absolute Gasteiger partial charge is 0.458 e. The zero-order valence-corrected chi connectivity index (χ0v) is 14.1. The van der Waals surface area contributed by atoms with Crippen molar-refractivity contribution >= 4 is 11.9 Å². The van der Waals surface area contributed by atoms with Gasteiger partial charge >= 0.3 is 11.9 Å². The van der Waals surface area contributed by atoms with Gasteiger partial charge in [-0.05, 0) is 38.5 Å². The normalized spacial score (nSPS) is 12.3. The predicted molar refractivity (Wildman–Crippen MR) is 88.8 cm³/mol. The first-order valence-corrected chi connectivity index (χ1v) is 7.70. The predicted octanol–water partition coefficient (Wildman–Crippen LogP) is 3.46. The fourth-order valence-electron chi connectivity index (χ4n) is 1.85. The van der Waals surface area contributed by atoms with Crippen molar-refractivity contribution in [2.24, 2.45) is 5.41 Å². The zero-order valence-electron chi connectivity index (χ0n) is 14.1. The molecule has 5 nitrogen and oxygen atoms in total. The Morgan fingerprint density at radius 1 is 1.04 bits per heavy atom. The van der Waals surface area contributed by atoms with E-state index < -0.39 is 23.5 Å². The number of carbonyl (C=O) groups excluding carboxylic acids is 2. The van der Waals surface area contributed by atoms with Crippen LogP contribution in [0.3, 0.4) is 0 Å². The number of hydrogen-bond acceptors (Lipinski definition) is 5. The summed E-state index contributed by atoms with van der Waals surface area (Å²) in [6.07, 6.45) is 0.360. The quantitative estimate of drug-likeness (QED) is 0.787. The smallest absolute Gasteiger partial charge is 0.354 e. The summed E-state index contributed by atoms with van der Waals surface area (Å²) >= 11 is 0. The molecule has 0 aliphatic carbocycles. The van der Waals surface area contributed by atoms with E-state index in [9.17, 15) is 9.59 Å². The molecule has 24 heavy (non-hydrogen) atoms. The van der Waals surface area contributed by atoms with Gasteiger partial charge in [-0.1, -0.05) is 36.4 Å². The number of benzene rings is 1. The van der Waals surface area contributed by atoms with E-state index in [2.05, 4.69) is 4.98 Å². The van der Waals surface area contributed by atoms with Gasteiger partial charge in [0.25, 0.3) is 0 Å². The van der Waals surface area contributed by atoms with E-state index in [1.807, 2.05) is 30.3 Å². The molecule has 1 unspecified atom stereocenters. The first-order valence-electron chi connectivity index (χ1n) is 7.70. The Balaban J connectivity index is 2.13. The summed E-state index contributed by atoms with van der Waals surface area (Å²) in [5, 5.41) is 0. The van der Waals surface area contributed by atoms with Gasteiger partial charge in [0.15, 0.2) is 0 Å². The van der Waals surface area contributed by atoms with Gasteiger partial charge in [0.05, 0.1) is 11.1 Å². The second kappa shape index (κ2) is 7.73. The van der Waals surface area contributed by atoms with Crippen LogP contribution in [0.5, 0.6) is 0 Å². The summed E-state index contributed by atoms with van der Waals surface area (Å²) in [6.45, 7) is 5.27. The Morgan fingerprint density at radius 2 is 1.71 bits per heavy atom. The third kappa shape index (κ3) is 4.91. The summed E-state index contributed by atoms with van der Waals surface area (Å²) < 4.78 is 10.7. The molecule has 1 aromatic carbocycles. The van der Waals surface area contributed by atoms with Crippen molar-refractivity contribution in [1.82, 2.24) is 4.98 Å². The second-order valence-corrected chi connectivity index (χ2v) is 6.38. The summed E-state index contributed by atoms with van der Waals surface area (Å²) in [6, 6.07) is 14.4. The van der Waals surface area contributed by atoms with E-state index in [0.29, 0.717) is 5.69 Å². The molecule has 2 aromatic rings. The highest BCUT2D eigenvalue weighted by molar-refractivity contribution is 5.82. The lowest BCUT2D eigenvalue weighted by Gasteiger charge is -2.22. The van der Waals surface area contributed by atoms with Crippen molar-refractivity contribution in [2.45, 2.75) is 33.5 Å². The van der Waals surface area contributed by atoms with Crippen molar-refractivity contribution in [3.8, 4) is 0 Å². The Hall–Kier alpha value is -2.69. The Kier molecular flexibility index (Phi) is 5.68. The van der Waals surface area contributed by atoms with Crippen LogP contribution in [0.25, 0.3) is 0 Å². The van der Waals surface area contributed by atoms with Gasteiger partial charge in [0.2, 0.25) is 6.10 Å². The molecule has 1 aromatic heterocycles. The average Bonchev–Trinajstić information content (AvgIpc) is 2.58. The summed E-state index contributed by atoms with van der Waals surface area (Å²) in [4.78, 5) is 28.7. The van der Waals surface area contributed by atoms with Crippen molar-refractivity contribution < 1.29 is 19.1 Å². The lowest BCUT2D eigenvalue weighted by atomic mass is 9.97. The van der Waals surface area contributed by atoms with Gasteiger partial charge in [0, 0.05) is 6.20 Å². The molecule has 0 saturated heterocycles. The molecule has 0 aliphatic rings. The van der Waals surface area contributed by atoms with E-state index in [0.717, 1.165) is 5.56 Å². The van der Waals surface area contributed by atoms with Crippen molar-refractivity contribution in [3.63, 3.8) is 0 Å². The maximum absolute atomic E-state index is 12.4. The van der Waals surface area contributed by atoms with Crippen LogP contribution in [0.15, 0.2) is 54.7 Å². The second-order valence-electron chi connectivity index (χ2n) is 6.38. The zero-order chi connectivity index (χ0) is 17.6. The molecule has 0 radical (unpaired) electrons. The molecule has 2 rings (SSSR count). The van der Waals surface area contributed by atoms with E-state index >= 15 is 0 Å². The fraction of sp³-hybridized carbons (Fsp3) is 0.316. The maximum Gasteiger partial charge on any atom is 0.354 e. The Bertz CT molecular complexity index is 678. The molecule has 0 N–H and O–H groups in total. The lowest BCUT2D eigenvalue weighted by molar-refractivity contribution is -0.174. The van der Waals surface area contributed by atoms with Crippen LogP contribution in [-0.4, -0.2) is 16.9 Å². The molecule has 5 heteroatoms. The van der Waals surface area contributed by atoms with Crippen molar-refractivity contribution in [2.75, 3.05) is 0 Å². The van der Waals surface area contributed by atoms with E-state index in [4.69, 9.17) is 9.47 Å². The molecule has 1 heterocycles. The summed E-state index contributed by atoms with van der Waals surface area (Å²) in [7, 11) is 0. The molecule has 126 valence electrons. The van der Waals surface area contributed by atoms with E-state index in [1.54, 1.807) is 39.0 Å². The van der Waals surface area contributed by atoms with E-state index in [-0.39, 0.29) is 6.61 Å². The van der Waals surface area contributed by atoms with Crippen LogP contribution >= 0.6 is 0 Å². The topological polar surface area (TPSA) is 65.5 Å². The van der Waals surface area contributed by atoms with Gasteiger partial charge in [-0.2, -0.15) is 0 Å². The standard InChI is InChI=1S/C19H21NO4/c1-19(2,3)18(22)24-16(15-11-7-8-12-20-15)17(21)23-13-14-9-5-4-6-10-14/h4-12,16H,13H2,1-3H3. The third-order valence-electron chi connectivity index (χ3n) is 3.23. The minimum absolute atomic E-state index is 0.107. The first-order chi connectivity index (χ1) is 11.4. The van der Waals surface area contributed by atoms with Crippen LogP contribution in [0, 0.1) is 5.41 Å². The SMILES string of the molecule is CC(C)(C)C(=O)OC(C(=O)OCc1ccccc1)c1ccccn1. The van der Waals surface area contributed by atoms with Crippen LogP contribution in [-0.2, 0) is 25.7 Å². The van der Waals surface area contributed by atoms with Crippen LogP contribution in [0.2, 0.25) is 0 Å². The minimum atomic E-state index is -1.18. The highest BCUT2D eigenvalue weighted by Crippen LogP contribution is 2.24. The Morgan fingerprint density at radius 3 is 2.29 bits per heavy atom. The first kappa shape index (κ1) is 17.7. The number of hydrogen-bond donors (Lipinski definition) is 0. The maximum atomic E-state index is 12.4. The summed E-state index contributed by atoms with van der Waals surface area (Å²) in [5.74, 6) is -1.13. The van der Waals surface area contributed by atoms with Gasteiger partial charge in [-0.15, -0.1) is 0 Å². The highest BCUT2D eigenvalue weighted by Gasteiger charge is 2.32. The van der Waals surface area contributed by atoms with Crippen LogP contribution in [0.4, 0.5) is 0 Å². The summed E-state index contributed by atoms with van der Waals surface area (Å²) in [5.41, 5.74) is 0.466. The fourth-order valence-corrected chi connectivity index (χ4v) is 1.85. The number of nitrogens with zero attached hydrogens (tertiary/aromatic N) is 1. The number of ether oxygens (including phenoxy) is 2. The molecule has 0 fully saturated rings. The average molecular weight is 327 g/mol. The number of esters is 2. The van der Waals surface area contributed by atoms with Gasteiger partial charge < -0.3 is 9.47 Å². The minimum Gasteiger partial charge on any atom is -0.458 e. The molecule has 0 spiro atoms. The van der Waals surface area contributed by atoms with E-state index in [1.165, 1.54) is 6.20 Å². The molecular formula is C19H21NO4. The highest BCUT2D eigenvalue weighted by atomic mass is 16.6. The molecule has 0 saturated carbocycles. The van der Waals surface area contributed by atoms with Gasteiger partial charge in [-0.3, -0.25) is 9.78 Å². The number of pyridine rings is 1. The van der Waals surface area contributed by atoms with Crippen LogP contribution < -0.4 is 0 Å². The van der Waals surface area contributed by atoms with Crippen LogP contribution in [0.1, 0.15) is 38.1 Å². The van der Waals surface area contributed by atoms with Crippen molar-refractivity contribution in [3.05, 3.63) is 66.0 Å². The lowest BCUT2D eigenvalue weighted by Crippen LogP contribution is -2.29. The molecule has 0 bridgehead atoms. The number of aromatic nitrogens is 1. The number of carbonyl (C=O) groups is 2. The number of rotatable bonds is 5. The molecule has 0 amide bonds.